The van der Waals surface area contributed by atoms with Crippen molar-refractivity contribution in [1.82, 2.24) is 10.2 Å². The minimum absolute atomic E-state index is 0.147. The van der Waals surface area contributed by atoms with E-state index in [-0.39, 0.29) is 23.3 Å². The molecule has 0 radical (unpaired) electrons. The van der Waals surface area contributed by atoms with E-state index in [1.165, 1.54) is 54.3 Å². The van der Waals surface area contributed by atoms with Crippen molar-refractivity contribution in [2.24, 2.45) is 5.92 Å². The van der Waals surface area contributed by atoms with E-state index in [4.69, 9.17) is 18.9 Å². The highest BCUT2D eigenvalue weighted by Gasteiger charge is 2.28. The summed E-state index contributed by atoms with van der Waals surface area (Å²) in [6.07, 6.45) is 12.1. The summed E-state index contributed by atoms with van der Waals surface area (Å²) in [6, 6.07) is 25.1. The maximum absolute atomic E-state index is 10.3. The normalized spacial score (nSPS) is 16.5. The van der Waals surface area contributed by atoms with E-state index < -0.39 is 0 Å². The fraction of sp³-hybridized carbons (Fsp3) is 0.429. The zero-order valence-electron chi connectivity index (χ0n) is 36.3. The van der Waals surface area contributed by atoms with E-state index in [0.29, 0.717) is 23.5 Å². The number of methoxy groups -OCH3 is 4. The number of rotatable bonds is 14. The number of dihydropyridines is 1. The van der Waals surface area contributed by atoms with Crippen molar-refractivity contribution in [3.05, 3.63) is 113 Å². The molecule has 0 spiro atoms. The molecule has 1 saturated heterocycles. The number of hydrogen-bond donors (Lipinski definition) is 3. The highest BCUT2D eigenvalue weighted by molar-refractivity contribution is 5.71. The van der Waals surface area contributed by atoms with Gasteiger partial charge in [0, 0.05) is 58.2 Å². The van der Waals surface area contributed by atoms with Gasteiger partial charge in [-0.15, -0.1) is 0 Å². The Morgan fingerprint density at radius 1 is 0.780 bits per heavy atom. The molecule has 2 heterocycles. The largest absolute Gasteiger partial charge is 0.504 e. The molecule has 3 aliphatic rings. The summed E-state index contributed by atoms with van der Waals surface area (Å²) < 4.78 is 27.2. The van der Waals surface area contributed by atoms with Crippen LogP contribution in [-0.2, 0) is 11.3 Å². The van der Waals surface area contributed by atoms with E-state index in [9.17, 15) is 10.2 Å². The van der Waals surface area contributed by atoms with Gasteiger partial charge in [-0.3, -0.25) is 4.90 Å². The van der Waals surface area contributed by atoms with Crippen LogP contribution in [0, 0.1) is 12.8 Å². The van der Waals surface area contributed by atoms with Gasteiger partial charge in [0.05, 0.1) is 34.0 Å². The highest BCUT2D eigenvalue weighted by atomic mass is 16.5. The maximum atomic E-state index is 10.3. The van der Waals surface area contributed by atoms with E-state index in [1.54, 1.807) is 40.6 Å². The number of aromatic hydroxyl groups is 2. The molecule has 1 atom stereocenters. The molecule has 4 aromatic carbocycles. The van der Waals surface area contributed by atoms with E-state index in [1.807, 2.05) is 26.1 Å². The number of nitrogens with one attached hydrogen (secondary N) is 1. The van der Waals surface area contributed by atoms with Crippen LogP contribution in [0.3, 0.4) is 0 Å². The van der Waals surface area contributed by atoms with Crippen LogP contribution < -0.4 is 29.2 Å². The number of benzene rings is 4. The summed E-state index contributed by atoms with van der Waals surface area (Å²) in [5.41, 5.74) is 7.89. The first-order valence-corrected chi connectivity index (χ1v) is 20.9. The smallest absolute Gasteiger partial charge is 0.200 e. The Morgan fingerprint density at radius 2 is 1.49 bits per heavy atom. The predicted molar refractivity (Wildman–Crippen MR) is 238 cm³/mol. The summed E-state index contributed by atoms with van der Waals surface area (Å²) in [5.74, 6) is 2.88. The average Bonchev–Trinajstić information content (AvgIpc) is 3.25. The van der Waals surface area contributed by atoms with Gasteiger partial charge in [-0.2, -0.15) is 0 Å². The lowest BCUT2D eigenvalue weighted by molar-refractivity contribution is 0.180. The van der Waals surface area contributed by atoms with Gasteiger partial charge in [0.2, 0.25) is 5.75 Å². The summed E-state index contributed by atoms with van der Waals surface area (Å²) in [7, 11) is 8.08. The summed E-state index contributed by atoms with van der Waals surface area (Å²) in [6.45, 7) is 10.4. The van der Waals surface area contributed by atoms with Crippen LogP contribution in [0.4, 0.5) is 5.69 Å². The lowest BCUT2D eigenvalue weighted by atomic mass is 9.86. The van der Waals surface area contributed by atoms with Crippen molar-refractivity contribution in [2.45, 2.75) is 71.5 Å². The third-order valence-electron chi connectivity index (χ3n) is 11.3. The second kappa shape index (κ2) is 22.2. The van der Waals surface area contributed by atoms with Crippen molar-refractivity contribution < 1.29 is 33.9 Å². The Balaban J connectivity index is 0.00000127. The first kappa shape index (κ1) is 44.8. The van der Waals surface area contributed by atoms with Crippen LogP contribution in [0.5, 0.6) is 34.5 Å². The molecule has 1 unspecified atom stereocenters. The van der Waals surface area contributed by atoms with Gasteiger partial charge in [-0.25, -0.2) is 0 Å². The topological polar surface area (TPSA) is 105 Å². The minimum atomic E-state index is -0.249. The van der Waals surface area contributed by atoms with E-state index in [2.05, 4.69) is 93.5 Å². The van der Waals surface area contributed by atoms with Crippen LogP contribution in [-0.4, -0.2) is 82.9 Å². The Bertz CT molecular complexity index is 2000. The van der Waals surface area contributed by atoms with Crippen molar-refractivity contribution >= 4 is 5.69 Å². The van der Waals surface area contributed by atoms with Gasteiger partial charge in [0.1, 0.15) is 5.75 Å². The summed E-state index contributed by atoms with van der Waals surface area (Å²) in [4.78, 5) is 5.12. The zero-order chi connectivity index (χ0) is 42.3. The molecule has 0 aromatic heterocycles. The number of aryl methyl sites for hydroxylation is 1. The fourth-order valence-corrected chi connectivity index (χ4v) is 7.82. The first-order chi connectivity index (χ1) is 28.7. The highest BCUT2D eigenvalue weighted by Crippen LogP contribution is 2.40. The maximum Gasteiger partial charge on any atom is 0.200 e. The lowest BCUT2D eigenvalue weighted by Gasteiger charge is -2.40. The van der Waals surface area contributed by atoms with Crippen molar-refractivity contribution in [1.29, 1.82) is 0 Å². The van der Waals surface area contributed by atoms with Crippen LogP contribution in [0.2, 0.25) is 0 Å². The van der Waals surface area contributed by atoms with Crippen molar-refractivity contribution in [3.63, 3.8) is 0 Å². The third kappa shape index (κ3) is 11.5. The van der Waals surface area contributed by atoms with Gasteiger partial charge in [-0.05, 0) is 115 Å². The molecule has 2 fully saturated rings. The molecular weight excluding hydrogens is 743 g/mol. The number of likely N-dealkylation sites (tertiary alicyclic amines) is 1. The molecule has 0 amide bonds. The number of ether oxygens (including phenoxy) is 5. The number of piperidine rings is 1. The molecule has 318 valence electrons. The Labute approximate surface area is 352 Å². The molecule has 1 saturated carbocycles. The standard InChI is InChI=1S/C45H53N3O6.C2H6O.C2H6/c1-30-12-14-37(26-42(30)54-29-31-8-7-9-31)48(28-34-10-5-6-11-38(34)33-13-15-41(51-2)43(24-33)52-3)36-17-20-47(21-18-36)27-32-16-19-46-39(22-32)35-23-40(49)45(50)44(25-35)53-4;1-3-2;1-2/h5-6,10-16,19,22-26,31,36,39,46,49-50H,7-9,17-18,20-21,27-29H2,1-4H3;1-2H3;1-2H3. The SMILES string of the molecule is CC.COC.COc1ccc(-c2ccccc2CN(c2ccc(C)c(OCC3CCC3)c2)C2CCN(CC3=CC(c4cc(O)c(O)c(OC)c4)NC=C3)CC2)cc1OC. The van der Waals surface area contributed by atoms with Crippen LogP contribution >= 0.6 is 0 Å². The number of nitrogens with zero attached hydrogens (tertiary/aromatic N) is 2. The zero-order valence-corrected chi connectivity index (χ0v) is 36.3. The molecule has 0 bridgehead atoms. The van der Waals surface area contributed by atoms with Gasteiger partial charge in [0.25, 0.3) is 0 Å². The molecule has 4 aromatic rings. The van der Waals surface area contributed by atoms with Crippen LogP contribution in [0.15, 0.2) is 96.7 Å². The second-order valence-corrected chi connectivity index (χ2v) is 15.1. The monoisotopic (exact) mass is 807 g/mol. The predicted octanol–water partition coefficient (Wildman–Crippen LogP) is 9.82. The minimum Gasteiger partial charge on any atom is -0.504 e. The molecule has 2 aliphatic heterocycles. The number of hydrogen-bond acceptors (Lipinski definition) is 10. The first-order valence-electron chi connectivity index (χ1n) is 20.9. The van der Waals surface area contributed by atoms with E-state index in [0.717, 1.165) is 62.5 Å². The molecule has 10 heteroatoms. The van der Waals surface area contributed by atoms with Gasteiger partial charge in [0.15, 0.2) is 23.0 Å². The third-order valence-corrected chi connectivity index (χ3v) is 11.3. The summed E-state index contributed by atoms with van der Waals surface area (Å²) >= 11 is 0. The Hall–Kier alpha value is -5.32. The van der Waals surface area contributed by atoms with Crippen LogP contribution in [0.1, 0.15) is 68.7 Å². The summed E-state index contributed by atoms with van der Waals surface area (Å²) in [5, 5.41) is 23.8. The Morgan fingerprint density at radius 3 is 2.17 bits per heavy atom. The van der Waals surface area contributed by atoms with Crippen molar-refractivity contribution in [2.75, 3.05) is 66.7 Å². The van der Waals surface area contributed by atoms with Gasteiger partial charge in [-0.1, -0.05) is 62.7 Å². The molecule has 10 nitrogen and oxygen atoms in total. The van der Waals surface area contributed by atoms with Crippen molar-refractivity contribution in [3.8, 4) is 45.6 Å². The fourth-order valence-electron chi connectivity index (χ4n) is 7.82. The van der Waals surface area contributed by atoms with Gasteiger partial charge < -0.3 is 44.1 Å². The quantitative estimate of drug-likeness (QED) is 0.107. The second-order valence-electron chi connectivity index (χ2n) is 15.1. The molecule has 7 rings (SSSR count). The molecule has 59 heavy (non-hydrogen) atoms. The molecular formula is C49H65N3O7. The molecule has 1 aliphatic carbocycles. The van der Waals surface area contributed by atoms with Gasteiger partial charge >= 0.3 is 0 Å². The number of anilines is 1. The number of phenols is 2. The number of phenolic OH excluding ortho intramolecular Hbond substituents is 2. The van der Waals surface area contributed by atoms with E-state index >= 15 is 0 Å². The average molecular weight is 808 g/mol. The molecule has 3 N–H and O–H groups in total. The lowest BCUT2D eigenvalue weighted by Crippen LogP contribution is -2.45. The Kier molecular flexibility index (Phi) is 16.8. The van der Waals surface area contributed by atoms with Crippen LogP contribution in [0.25, 0.3) is 11.1 Å².